The number of sulfone groups is 1. The van der Waals surface area contributed by atoms with Gasteiger partial charge in [-0.15, -0.1) is 0 Å². The molecule has 2 aromatic rings. The van der Waals surface area contributed by atoms with E-state index in [0.29, 0.717) is 17.7 Å². The number of hydrogen-bond donors (Lipinski definition) is 1. The van der Waals surface area contributed by atoms with Crippen molar-refractivity contribution >= 4 is 27.1 Å². The molecule has 0 aliphatic carbocycles. The molecule has 134 valence electrons. The van der Waals surface area contributed by atoms with Crippen LogP contribution in [0.4, 0.5) is 11.4 Å². The number of carbonyl (C=O) groups excluding carboxylic acids is 1. The zero-order valence-electron chi connectivity index (χ0n) is 14.2. The molecule has 7 nitrogen and oxygen atoms in total. The summed E-state index contributed by atoms with van der Waals surface area (Å²) in [5.41, 5.74) is 1.98. The van der Waals surface area contributed by atoms with Gasteiger partial charge >= 0.3 is 0 Å². The fourth-order valence-corrected chi connectivity index (χ4v) is 4.66. The number of benzene rings is 1. The van der Waals surface area contributed by atoms with Gasteiger partial charge in [0, 0.05) is 18.8 Å². The second-order valence-electron chi connectivity index (χ2n) is 6.22. The molecule has 0 spiro atoms. The molecule has 2 heterocycles. The van der Waals surface area contributed by atoms with E-state index in [9.17, 15) is 13.2 Å². The first-order valence-corrected chi connectivity index (χ1v) is 9.91. The largest absolute Gasteiger partial charge is 0.369 e. The molecule has 8 heteroatoms. The highest BCUT2D eigenvalue weighted by Crippen LogP contribution is 2.22. The number of amides is 1. The number of anilines is 2. The molecular formula is C18H18N4O3S. The molecule has 1 atom stereocenters. The van der Waals surface area contributed by atoms with Crippen LogP contribution in [-0.4, -0.2) is 43.9 Å². The van der Waals surface area contributed by atoms with Crippen LogP contribution in [0.25, 0.3) is 0 Å². The predicted octanol–water partition coefficient (Wildman–Crippen LogP) is 1.83. The van der Waals surface area contributed by atoms with Crippen LogP contribution in [-0.2, 0) is 9.84 Å². The van der Waals surface area contributed by atoms with Gasteiger partial charge in [0.25, 0.3) is 5.91 Å². The molecule has 1 unspecified atom stereocenters. The molecule has 0 radical (unpaired) electrons. The lowest BCUT2D eigenvalue weighted by atomic mass is 10.2. The molecule has 3 rings (SSSR count). The number of nitrogens with zero attached hydrogens (tertiary/aromatic N) is 3. The normalized spacial score (nSPS) is 18.1. The Balaban J connectivity index is 1.69. The molecule has 0 saturated carbocycles. The zero-order valence-corrected chi connectivity index (χ0v) is 15.0. The van der Waals surface area contributed by atoms with Gasteiger partial charge in [-0.3, -0.25) is 4.79 Å². The maximum absolute atomic E-state index is 12.3. The number of rotatable bonds is 4. The van der Waals surface area contributed by atoms with Crippen LogP contribution < -0.4 is 10.2 Å². The van der Waals surface area contributed by atoms with E-state index in [1.54, 1.807) is 42.6 Å². The van der Waals surface area contributed by atoms with Gasteiger partial charge in [-0.25, -0.2) is 13.4 Å². The number of hydrogen-bond acceptors (Lipinski definition) is 6. The van der Waals surface area contributed by atoms with E-state index in [1.165, 1.54) is 0 Å². The molecule has 1 N–H and O–H groups in total. The van der Waals surface area contributed by atoms with Crippen LogP contribution in [0.3, 0.4) is 0 Å². The van der Waals surface area contributed by atoms with Gasteiger partial charge in [0.1, 0.15) is 5.69 Å². The van der Waals surface area contributed by atoms with Crippen LogP contribution in [0.2, 0.25) is 0 Å². The van der Waals surface area contributed by atoms with E-state index in [1.807, 2.05) is 18.0 Å². The molecule has 1 aromatic carbocycles. The SMILES string of the molecule is CN(c1ccc(C(=O)Nc2cccc(C#N)c2)nc1)C1CCS(=O)(=O)C1. The predicted molar refractivity (Wildman–Crippen MR) is 98.8 cm³/mol. The smallest absolute Gasteiger partial charge is 0.274 e. The summed E-state index contributed by atoms with van der Waals surface area (Å²) >= 11 is 0. The summed E-state index contributed by atoms with van der Waals surface area (Å²) in [4.78, 5) is 18.3. The molecule has 1 aromatic heterocycles. The van der Waals surface area contributed by atoms with E-state index in [-0.39, 0.29) is 29.1 Å². The fraction of sp³-hybridized carbons (Fsp3) is 0.278. The Hall–Kier alpha value is -2.92. The van der Waals surface area contributed by atoms with E-state index in [2.05, 4.69) is 10.3 Å². The number of nitrogens with one attached hydrogen (secondary N) is 1. The van der Waals surface area contributed by atoms with E-state index >= 15 is 0 Å². The Bertz CT molecular complexity index is 965. The fourth-order valence-electron chi connectivity index (χ4n) is 2.88. The van der Waals surface area contributed by atoms with Crippen molar-refractivity contribution in [3.05, 3.63) is 53.9 Å². The second-order valence-corrected chi connectivity index (χ2v) is 8.44. The molecule has 1 amide bonds. The van der Waals surface area contributed by atoms with Crippen LogP contribution in [0.5, 0.6) is 0 Å². The van der Waals surface area contributed by atoms with E-state index < -0.39 is 9.84 Å². The number of nitriles is 1. The van der Waals surface area contributed by atoms with Gasteiger partial charge in [-0.2, -0.15) is 5.26 Å². The topological polar surface area (TPSA) is 103 Å². The standard InChI is InChI=1S/C18H18N4O3S/c1-22(16-7-8-26(24,25)12-16)15-5-6-17(20-11-15)18(23)21-14-4-2-3-13(9-14)10-19/h2-6,9,11,16H,7-8,12H2,1H3,(H,21,23). The van der Waals surface area contributed by atoms with Crippen molar-refractivity contribution in [1.82, 2.24) is 4.98 Å². The summed E-state index contributed by atoms with van der Waals surface area (Å²) in [6.45, 7) is 0. The average molecular weight is 370 g/mol. The van der Waals surface area contributed by atoms with Crippen molar-refractivity contribution < 1.29 is 13.2 Å². The molecule has 26 heavy (non-hydrogen) atoms. The zero-order chi connectivity index (χ0) is 18.7. The number of aromatic nitrogens is 1. The minimum absolute atomic E-state index is 0.0739. The van der Waals surface area contributed by atoms with E-state index in [0.717, 1.165) is 5.69 Å². The van der Waals surface area contributed by atoms with Crippen LogP contribution in [0.15, 0.2) is 42.6 Å². The Morgan fingerprint density at radius 1 is 1.35 bits per heavy atom. The summed E-state index contributed by atoms with van der Waals surface area (Å²) in [5, 5.41) is 11.6. The Morgan fingerprint density at radius 3 is 2.77 bits per heavy atom. The molecule has 1 aliphatic heterocycles. The molecule has 1 saturated heterocycles. The van der Waals surface area contributed by atoms with Crippen LogP contribution in [0, 0.1) is 11.3 Å². The Kier molecular flexibility index (Phi) is 4.91. The first kappa shape index (κ1) is 17.9. The monoisotopic (exact) mass is 370 g/mol. The lowest BCUT2D eigenvalue weighted by molar-refractivity contribution is 0.102. The maximum atomic E-state index is 12.3. The second kappa shape index (κ2) is 7.14. The van der Waals surface area contributed by atoms with Gasteiger partial charge in [-0.05, 0) is 36.8 Å². The van der Waals surface area contributed by atoms with Crippen LogP contribution >= 0.6 is 0 Å². The number of pyridine rings is 1. The quantitative estimate of drug-likeness (QED) is 0.881. The first-order valence-electron chi connectivity index (χ1n) is 8.09. The summed E-state index contributed by atoms with van der Waals surface area (Å²) in [7, 11) is -1.13. The summed E-state index contributed by atoms with van der Waals surface area (Å²) in [6, 6.07) is 11.9. The third kappa shape index (κ3) is 4.00. The van der Waals surface area contributed by atoms with Crippen molar-refractivity contribution in [1.29, 1.82) is 5.26 Å². The van der Waals surface area contributed by atoms with Gasteiger partial charge in [0.15, 0.2) is 9.84 Å². The van der Waals surface area contributed by atoms with Gasteiger partial charge in [0.05, 0.1) is 35.0 Å². The molecule has 1 aliphatic rings. The molecule has 1 fully saturated rings. The van der Waals surface area contributed by atoms with Crippen LogP contribution in [0.1, 0.15) is 22.5 Å². The summed E-state index contributed by atoms with van der Waals surface area (Å²) in [6.07, 6.45) is 2.15. The summed E-state index contributed by atoms with van der Waals surface area (Å²) in [5.74, 6) is -0.0312. The van der Waals surface area contributed by atoms with Gasteiger partial charge < -0.3 is 10.2 Å². The first-order chi connectivity index (χ1) is 12.4. The molecule has 0 bridgehead atoms. The van der Waals surface area contributed by atoms with Gasteiger partial charge in [0.2, 0.25) is 0 Å². The van der Waals surface area contributed by atoms with Crippen molar-refractivity contribution in [2.45, 2.75) is 12.5 Å². The van der Waals surface area contributed by atoms with Gasteiger partial charge in [-0.1, -0.05) is 6.07 Å². The lowest BCUT2D eigenvalue weighted by Gasteiger charge is -2.25. The third-order valence-electron chi connectivity index (χ3n) is 4.39. The minimum Gasteiger partial charge on any atom is -0.369 e. The lowest BCUT2D eigenvalue weighted by Crippen LogP contribution is -2.32. The maximum Gasteiger partial charge on any atom is 0.274 e. The molecular weight excluding hydrogens is 352 g/mol. The van der Waals surface area contributed by atoms with E-state index in [4.69, 9.17) is 5.26 Å². The van der Waals surface area contributed by atoms with Crippen molar-refractivity contribution in [3.63, 3.8) is 0 Å². The number of carbonyl (C=O) groups is 1. The highest BCUT2D eigenvalue weighted by atomic mass is 32.2. The highest BCUT2D eigenvalue weighted by Gasteiger charge is 2.30. The summed E-state index contributed by atoms with van der Waals surface area (Å²) < 4.78 is 23.2. The Morgan fingerprint density at radius 2 is 2.15 bits per heavy atom. The highest BCUT2D eigenvalue weighted by molar-refractivity contribution is 7.91. The van der Waals surface area contributed by atoms with Crippen molar-refractivity contribution in [2.24, 2.45) is 0 Å². The van der Waals surface area contributed by atoms with Crippen molar-refractivity contribution in [3.8, 4) is 6.07 Å². The third-order valence-corrected chi connectivity index (χ3v) is 6.14. The Labute approximate surface area is 152 Å². The minimum atomic E-state index is -2.96. The average Bonchev–Trinajstić information content (AvgIpc) is 3.01. The van der Waals surface area contributed by atoms with Crippen molar-refractivity contribution in [2.75, 3.05) is 28.8 Å².